The van der Waals surface area contributed by atoms with E-state index in [9.17, 15) is 0 Å². The van der Waals surface area contributed by atoms with Gasteiger partial charge in [-0.05, 0) is 0 Å². The van der Waals surface area contributed by atoms with E-state index in [1.807, 2.05) is 0 Å². The van der Waals surface area contributed by atoms with Crippen LogP contribution < -0.4 is 0 Å². The van der Waals surface area contributed by atoms with E-state index in [1.54, 1.807) is 0 Å². The fraction of sp³-hybridized carbons (Fsp3) is 1.00. The van der Waals surface area contributed by atoms with Crippen molar-refractivity contribution < 1.29 is 0 Å². The predicted octanol–water partition coefficient (Wildman–Crippen LogP) is 5.66. The molecule has 86 valence electrons. The molecule has 0 spiro atoms. The van der Waals surface area contributed by atoms with Gasteiger partial charge < -0.3 is 0 Å². The molecule has 0 saturated heterocycles. The van der Waals surface area contributed by atoms with Crippen LogP contribution in [0.25, 0.3) is 0 Å². The van der Waals surface area contributed by atoms with Crippen LogP contribution in [-0.4, -0.2) is 6.16 Å². The third-order valence-electron chi connectivity index (χ3n) is 3.35. The number of hydrogen-bond acceptors (Lipinski definition) is 0. The van der Waals surface area contributed by atoms with Crippen molar-refractivity contribution >= 4 is 39.0 Å². The Morgan fingerprint density at radius 3 is 1.93 bits per heavy atom. The molecule has 1 rings (SSSR count). The van der Waals surface area contributed by atoms with E-state index < -0.39 is 5.32 Å². The molecule has 14 heavy (non-hydrogen) atoms. The van der Waals surface area contributed by atoms with Gasteiger partial charge in [0.15, 0.2) is 0 Å². The van der Waals surface area contributed by atoms with Gasteiger partial charge in [-0.1, -0.05) is 0 Å². The van der Waals surface area contributed by atoms with Crippen LogP contribution in [0.2, 0.25) is 0 Å². The molecule has 0 amide bonds. The first-order chi connectivity index (χ1) is 6.38. The second kappa shape index (κ2) is 5.58. The normalized spacial score (nSPS) is 30.7. The van der Waals surface area contributed by atoms with Gasteiger partial charge in [0.2, 0.25) is 0 Å². The third-order valence-corrected chi connectivity index (χ3v) is 5.78. The fourth-order valence-electron chi connectivity index (χ4n) is 2.39. The van der Waals surface area contributed by atoms with Crippen molar-refractivity contribution in [3.05, 3.63) is 0 Å². The summed E-state index contributed by atoms with van der Waals surface area (Å²) in [5.74, 6) is 2.41. The van der Waals surface area contributed by atoms with E-state index >= 15 is 0 Å². The molecule has 0 atom stereocenters. The fourth-order valence-corrected chi connectivity index (χ4v) is 5.41. The quantitative estimate of drug-likeness (QED) is 0.584. The summed E-state index contributed by atoms with van der Waals surface area (Å²) in [6.45, 7) is 4.63. The second-order valence-corrected chi connectivity index (χ2v) is 14.0. The zero-order valence-corrected chi connectivity index (χ0v) is 12.2. The molecule has 0 aromatic carbocycles. The SMILES string of the molecule is CC(C)C1CCC(C[PH](Cl)(Cl)Cl)CC1. The van der Waals surface area contributed by atoms with Crippen LogP contribution in [0, 0.1) is 17.8 Å². The molecule has 0 bridgehead atoms. The van der Waals surface area contributed by atoms with E-state index in [0.29, 0.717) is 5.92 Å². The van der Waals surface area contributed by atoms with Gasteiger partial charge in [-0.15, -0.1) is 0 Å². The van der Waals surface area contributed by atoms with Gasteiger partial charge >= 0.3 is 102 Å². The third kappa shape index (κ3) is 4.88. The van der Waals surface area contributed by atoms with Crippen LogP contribution in [0.15, 0.2) is 0 Å². The first-order valence-electron chi connectivity index (χ1n) is 5.45. The van der Waals surface area contributed by atoms with Crippen molar-refractivity contribution in [1.29, 1.82) is 0 Å². The van der Waals surface area contributed by atoms with E-state index in [4.69, 9.17) is 33.7 Å². The minimum absolute atomic E-state index is 0.684. The molecular formula is C10H20Cl3P. The van der Waals surface area contributed by atoms with E-state index in [2.05, 4.69) is 13.8 Å². The van der Waals surface area contributed by atoms with Crippen LogP contribution in [0.5, 0.6) is 0 Å². The molecule has 1 fully saturated rings. The summed E-state index contributed by atoms with van der Waals surface area (Å²) in [4.78, 5) is 0. The molecule has 1 saturated carbocycles. The molecule has 0 N–H and O–H groups in total. The summed E-state index contributed by atoms with van der Waals surface area (Å²) in [7, 11) is 0. The van der Waals surface area contributed by atoms with Crippen molar-refractivity contribution in [1.82, 2.24) is 0 Å². The van der Waals surface area contributed by atoms with Gasteiger partial charge in [0.05, 0.1) is 0 Å². The average Bonchev–Trinajstić information content (AvgIpc) is 2.02. The average molecular weight is 278 g/mol. The van der Waals surface area contributed by atoms with Crippen LogP contribution in [0.1, 0.15) is 39.5 Å². The van der Waals surface area contributed by atoms with E-state index in [-0.39, 0.29) is 0 Å². The van der Waals surface area contributed by atoms with Crippen LogP contribution in [-0.2, 0) is 0 Å². The zero-order chi connectivity index (χ0) is 10.8. The molecule has 0 radical (unpaired) electrons. The molecule has 1 aliphatic carbocycles. The van der Waals surface area contributed by atoms with Gasteiger partial charge in [-0.25, -0.2) is 0 Å². The molecule has 0 aromatic heterocycles. The monoisotopic (exact) mass is 276 g/mol. The van der Waals surface area contributed by atoms with Gasteiger partial charge in [-0.2, -0.15) is 0 Å². The molecule has 1 aliphatic rings. The Balaban J connectivity index is 2.29. The molecule has 0 unspecified atom stereocenters. The first-order valence-corrected chi connectivity index (χ1v) is 10.7. The Kier molecular flexibility index (Phi) is 5.32. The molecule has 0 aliphatic heterocycles. The summed E-state index contributed by atoms with van der Waals surface area (Å²) in [5.41, 5.74) is 0. The number of rotatable bonds is 3. The summed E-state index contributed by atoms with van der Waals surface area (Å²) in [6, 6.07) is 0. The molecule has 0 aromatic rings. The van der Waals surface area contributed by atoms with Crippen molar-refractivity contribution in [2.75, 3.05) is 6.16 Å². The standard InChI is InChI=1S/C10H20Cl3P/c1-8(2)10-5-3-9(4-6-10)7-14(11,12)13/h8-10,14H,3-7H2,1-2H3. The van der Waals surface area contributed by atoms with Gasteiger partial charge in [-0.3, -0.25) is 0 Å². The Labute approximate surface area is 102 Å². The Morgan fingerprint density at radius 1 is 1.07 bits per heavy atom. The summed E-state index contributed by atoms with van der Waals surface area (Å²) >= 11 is 17.8. The topological polar surface area (TPSA) is 0 Å². The predicted molar refractivity (Wildman–Crippen MR) is 71.0 cm³/mol. The van der Waals surface area contributed by atoms with E-state index in [0.717, 1.165) is 18.0 Å². The molecular weight excluding hydrogens is 257 g/mol. The Bertz CT molecular complexity index is 169. The number of hydrogen-bond donors (Lipinski definition) is 0. The van der Waals surface area contributed by atoms with Crippen molar-refractivity contribution in [3.8, 4) is 0 Å². The maximum atomic E-state index is 5.94. The molecule has 0 heterocycles. The van der Waals surface area contributed by atoms with Crippen molar-refractivity contribution in [2.24, 2.45) is 17.8 Å². The van der Waals surface area contributed by atoms with Gasteiger partial charge in [0.25, 0.3) is 0 Å². The van der Waals surface area contributed by atoms with Gasteiger partial charge in [0.1, 0.15) is 0 Å². The summed E-state index contributed by atoms with van der Waals surface area (Å²) < 4.78 is 0. The Hall–Kier alpha value is 1.30. The van der Waals surface area contributed by atoms with E-state index in [1.165, 1.54) is 25.7 Å². The van der Waals surface area contributed by atoms with Crippen molar-refractivity contribution in [3.63, 3.8) is 0 Å². The molecule has 4 heteroatoms. The van der Waals surface area contributed by atoms with Crippen molar-refractivity contribution in [2.45, 2.75) is 39.5 Å². The summed E-state index contributed by atoms with van der Waals surface area (Å²) in [5, 5.41) is -2.38. The molecule has 0 nitrogen and oxygen atoms in total. The van der Waals surface area contributed by atoms with Crippen LogP contribution >= 0.6 is 39.0 Å². The minimum atomic E-state index is -2.38. The van der Waals surface area contributed by atoms with Gasteiger partial charge in [0, 0.05) is 0 Å². The maximum absolute atomic E-state index is 5.94. The summed E-state index contributed by atoms with van der Waals surface area (Å²) in [6.07, 6.45) is 6.06. The number of halogens is 3. The van der Waals surface area contributed by atoms with Crippen LogP contribution in [0.3, 0.4) is 0 Å². The first kappa shape index (κ1) is 13.4. The Morgan fingerprint density at radius 2 is 1.57 bits per heavy atom. The second-order valence-electron chi connectivity index (χ2n) is 4.84. The zero-order valence-electron chi connectivity index (χ0n) is 8.90. The van der Waals surface area contributed by atoms with Crippen LogP contribution in [0.4, 0.5) is 0 Å².